The van der Waals surface area contributed by atoms with Gasteiger partial charge >= 0.3 is 11.7 Å². The highest BCUT2D eigenvalue weighted by Gasteiger charge is 2.44. The zero-order valence-corrected chi connectivity index (χ0v) is 21.3. The molecule has 9 nitrogen and oxygen atoms in total. The smallest absolute Gasteiger partial charge is 0.337 e. The molecule has 0 unspecified atom stereocenters. The molecule has 2 N–H and O–H groups in total. The molecule has 194 valence electrons. The number of nitro benzene ring substituents is 1. The number of hydrogen-bond acceptors (Lipinski definition) is 8. The van der Waals surface area contributed by atoms with E-state index in [1.54, 1.807) is 6.92 Å². The summed E-state index contributed by atoms with van der Waals surface area (Å²) in [4.78, 5) is 38.2. The summed E-state index contributed by atoms with van der Waals surface area (Å²) in [7, 11) is 1.30. The number of phenols is 1. The molecule has 3 aliphatic rings. The lowest BCUT2D eigenvalue weighted by Crippen LogP contribution is -2.39. The number of nitrogens with one attached hydrogen (secondary N) is 1. The van der Waals surface area contributed by atoms with Gasteiger partial charge in [0.1, 0.15) is 6.10 Å². The Labute approximate surface area is 210 Å². The van der Waals surface area contributed by atoms with Crippen molar-refractivity contribution in [3.63, 3.8) is 0 Å². The lowest BCUT2D eigenvalue weighted by atomic mass is 9.68. The van der Waals surface area contributed by atoms with Crippen molar-refractivity contribution in [1.29, 1.82) is 0 Å². The molecule has 9 heteroatoms. The summed E-state index contributed by atoms with van der Waals surface area (Å²) in [5, 5.41) is 25.4. The number of rotatable bonds is 5. The SMILES string of the molecule is COc1cc([C@H]2C(C(=O)OC3CCCCCC3)=C(C)NC3=C2C(=O)CC(C)(C)C3)cc([N+](=O)[O-])c1O. The third-order valence-electron chi connectivity index (χ3n) is 7.36. The van der Waals surface area contributed by atoms with Crippen LogP contribution in [-0.4, -0.2) is 35.0 Å². The first-order valence-electron chi connectivity index (χ1n) is 12.5. The van der Waals surface area contributed by atoms with E-state index in [2.05, 4.69) is 5.32 Å². The molecular weight excluding hydrogens is 464 g/mol. The number of benzene rings is 1. The van der Waals surface area contributed by atoms with Crippen molar-refractivity contribution in [1.82, 2.24) is 5.32 Å². The Morgan fingerprint density at radius 2 is 1.83 bits per heavy atom. The van der Waals surface area contributed by atoms with Crippen LogP contribution < -0.4 is 10.1 Å². The van der Waals surface area contributed by atoms with Crippen molar-refractivity contribution in [2.24, 2.45) is 5.41 Å². The molecule has 0 aromatic heterocycles. The monoisotopic (exact) mass is 498 g/mol. The highest BCUT2D eigenvalue weighted by atomic mass is 16.6. The van der Waals surface area contributed by atoms with E-state index in [0.29, 0.717) is 29.0 Å². The number of carbonyl (C=O) groups excluding carboxylic acids is 2. The maximum absolute atomic E-state index is 13.7. The fraction of sp³-hybridized carbons (Fsp3) is 0.556. The number of allylic oxidation sites excluding steroid dienone is 3. The molecule has 0 amide bonds. The Kier molecular flexibility index (Phi) is 7.11. The largest absolute Gasteiger partial charge is 0.500 e. The number of hydrogen-bond donors (Lipinski definition) is 2. The molecule has 4 rings (SSSR count). The molecule has 1 aromatic rings. The van der Waals surface area contributed by atoms with Crippen molar-refractivity contribution in [3.8, 4) is 11.5 Å². The molecule has 1 atom stereocenters. The van der Waals surface area contributed by atoms with Crippen LogP contribution in [0.5, 0.6) is 11.5 Å². The molecular formula is C27H34N2O7. The summed E-state index contributed by atoms with van der Waals surface area (Å²) < 4.78 is 11.2. The average molecular weight is 499 g/mol. The minimum Gasteiger partial charge on any atom is -0.500 e. The van der Waals surface area contributed by atoms with E-state index in [4.69, 9.17) is 9.47 Å². The van der Waals surface area contributed by atoms with Crippen LogP contribution in [0.4, 0.5) is 5.69 Å². The van der Waals surface area contributed by atoms with Crippen LogP contribution in [0.2, 0.25) is 0 Å². The van der Waals surface area contributed by atoms with Gasteiger partial charge in [0, 0.05) is 35.4 Å². The number of phenolic OH excluding ortho intramolecular Hbond substituents is 1. The third-order valence-corrected chi connectivity index (χ3v) is 7.36. The number of nitro groups is 1. The molecule has 0 radical (unpaired) electrons. The molecule has 1 aliphatic heterocycles. The van der Waals surface area contributed by atoms with Crippen molar-refractivity contribution >= 4 is 17.4 Å². The van der Waals surface area contributed by atoms with Gasteiger partial charge in [-0.25, -0.2) is 4.79 Å². The Balaban J connectivity index is 1.85. The van der Waals surface area contributed by atoms with Gasteiger partial charge in [0.15, 0.2) is 11.5 Å². The normalized spacial score (nSPS) is 22.4. The molecule has 2 aliphatic carbocycles. The quantitative estimate of drug-likeness (QED) is 0.246. The standard InChI is InChI=1S/C27H34N2O7/c1-15-22(26(32)36-17-9-7-5-6-8-10-17)23(24-18(28-15)13-27(2,3)14-20(24)30)16-11-19(29(33)34)25(31)21(12-16)35-4/h11-12,17,23,28,31H,5-10,13-14H2,1-4H3/t23-/m0/s1. The number of Topliss-reactive ketones (excluding diaryl/α,β-unsaturated/α-hetero) is 1. The van der Waals surface area contributed by atoms with Crippen LogP contribution in [0, 0.1) is 15.5 Å². The van der Waals surface area contributed by atoms with E-state index in [1.165, 1.54) is 19.2 Å². The second-order valence-electron chi connectivity index (χ2n) is 10.8. The van der Waals surface area contributed by atoms with E-state index in [1.807, 2.05) is 13.8 Å². The fourth-order valence-corrected chi connectivity index (χ4v) is 5.69. The lowest BCUT2D eigenvalue weighted by Gasteiger charge is -2.39. The molecule has 1 aromatic carbocycles. The number of ether oxygens (including phenoxy) is 2. The van der Waals surface area contributed by atoms with E-state index in [-0.39, 0.29) is 35.0 Å². The van der Waals surface area contributed by atoms with Gasteiger partial charge in [-0.05, 0) is 56.1 Å². The number of aromatic hydroxyl groups is 1. The van der Waals surface area contributed by atoms with Crippen LogP contribution in [0.15, 0.2) is 34.7 Å². The van der Waals surface area contributed by atoms with Gasteiger partial charge in [0.25, 0.3) is 0 Å². The van der Waals surface area contributed by atoms with Gasteiger partial charge in [-0.3, -0.25) is 14.9 Å². The van der Waals surface area contributed by atoms with Crippen molar-refractivity contribution in [2.75, 3.05) is 7.11 Å². The van der Waals surface area contributed by atoms with Gasteiger partial charge in [-0.1, -0.05) is 26.7 Å². The summed E-state index contributed by atoms with van der Waals surface area (Å²) in [6.45, 7) is 5.78. The number of dihydropyridines is 1. The van der Waals surface area contributed by atoms with Crippen LogP contribution in [0.1, 0.15) is 83.6 Å². The number of carbonyl (C=O) groups is 2. The second kappa shape index (κ2) is 9.95. The van der Waals surface area contributed by atoms with Crippen LogP contribution in [0.3, 0.4) is 0 Å². The zero-order chi connectivity index (χ0) is 26.2. The summed E-state index contributed by atoms with van der Waals surface area (Å²) in [6.07, 6.45) is 6.43. The molecule has 0 saturated heterocycles. The summed E-state index contributed by atoms with van der Waals surface area (Å²) in [5.41, 5.74) is 1.43. The summed E-state index contributed by atoms with van der Waals surface area (Å²) >= 11 is 0. The number of ketones is 1. The topological polar surface area (TPSA) is 128 Å². The van der Waals surface area contributed by atoms with Gasteiger partial charge < -0.3 is 19.9 Å². The van der Waals surface area contributed by atoms with Gasteiger partial charge in [-0.15, -0.1) is 0 Å². The number of esters is 1. The van der Waals surface area contributed by atoms with E-state index >= 15 is 0 Å². The van der Waals surface area contributed by atoms with E-state index in [0.717, 1.165) is 38.5 Å². The third kappa shape index (κ3) is 4.96. The predicted octanol–water partition coefficient (Wildman–Crippen LogP) is 5.18. The van der Waals surface area contributed by atoms with Gasteiger partial charge in [-0.2, -0.15) is 0 Å². The minimum atomic E-state index is -0.878. The van der Waals surface area contributed by atoms with Crippen LogP contribution >= 0.6 is 0 Å². The van der Waals surface area contributed by atoms with E-state index < -0.39 is 28.2 Å². The van der Waals surface area contributed by atoms with Crippen LogP contribution in [-0.2, 0) is 14.3 Å². The lowest BCUT2D eigenvalue weighted by molar-refractivity contribution is -0.386. The van der Waals surface area contributed by atoms with Crippen molar-refractivity contribution in [3.05, 3.63) is 50.4 Å². The molecule has 1 fully saturated rings. The summed E-state index contributed by atoms with van der Waals surface area (Å²) in [6, 6.07) is 2.68. The molecule has 36 heavy (non-hydrogen) atoms. The van der Waals surface area contributed by atoms with Gasteiger partial charge in [0.05, 0.1) is 17.6 Å². The first kappa shape index (κ1) is 25.7. The maximum atomic E-state index is 13.7. The second-order valence-corrected chi connectivity index (χ2v) is 10.8. The predicted molar refractivity (Wildman–Crippen MR) is 133 cm³/mol. The first-order chi connectivity index (χ1) is 17.0. The van der Waals surface area contributed by atoms with E-state index in [9.17, 15) is 24.8 Å². The highest BCUT2D eigenvalue weighted by molar-refractivity contribution is 6.04. The van der Waals surface area contributed by atoms with Crippen LogP contribution in [0.25, 0.3) is 0 Å². The van der Waals surface area contributed by atoms with Gasteiger partial charge in [0.2, 0.25) is 5.75 Å². The molecule has 0 spiro atoms. The summed E-state index contributed by atoms with van der Waals surface area (Å²) in [5.74, 6) is -2.24. The highest BCUT2D eigenvalue weighted by Crippen LogP contribution is 2.49. The Hall–Kier alpha value is -3.36. The Bertz CT molecular complexity index is 1160. The zero-order valence-electron chi connectivity index (χ0n) is 21.3. The Morgan fingerprint density at radius 1 is 1.17 bits per heavy atom. The number of nitrogens with zero attached hydrogens (tertiary/aromatic N) is 1. The molecule has 1 heterocycles. The average Bonchev–Trinajstić information content (AvgIpc) is 3.05. The molecule has 1 saturated carbocycles. The van der Waals surface area contributed by atoms with Crippen molar-refractivity contribution in [2.45, 2.75) is 84.2 Å². The fourth-order valence-electron chi connectivity index (χ4n) is 5.69. The maximum Gasteiger partial charge on any atom is 0.337 e. The Morgan fingerprint density at radius 3 is 2.44 bits per heavy atom. The van der Waals surface area contributed by atoms with Crippen molar-refractivity contribution < 1.29 is 29.1 Å². The number of methoxy groups -OCH3 is 1. The first-order valence-corrected chi connectivity index (χ1v) is 12.5. The minimum absolute atomic E-state index is 0.0994. The molecule has 0 bridgehead atoms.